The smallest absolute Gasteiger partial charge is 0.419 e. The summed E-state index contributed by atoms with van der Waals surface area (Å²) in [4.78, 5) is 38.2. The number of nitrogens with one attached hydrogen (secondary N) is 1. The van der Waals surface area contributed by atoms with Gasteiger partial charge in [-0.1, -0.05) is 48.0 Å². The van der Waals surface area contributed by atoms with E-state index in [0.29, 0.717) is 33.1 Å². The van der Waals surface area contributed by atoms with Crippen LogP contribution in [0.5, 0.6) is 5.75 Å². The summed E-state index contributed by atoms with van der Waals surface area (Å²) in [6.45, 7) is 1.90. The number of esters is 1. The van der Waals surface area contributed by atoms with Crippen molar-refractivity contribution in [2.45, 2.75) is 26.0 Å². The molecule has 1 amide bonds. The second-order valence-electron chi connectivity index (χ2n) is 7.86. The van der Waals surface area contributed by atoms with E-state index in [-0.39, 0.29) is 13.0 Å². The second kappa shape index (κ2) is 10.5. The Hall–Kier alpha value is -4.04. The topological polar surface area (TPSA) is 99.8 Å². The van der Waals surface area contributed by atoms with Gasteiger partial charge in [0.1, 0.15) is 5.75 Å². The Labute approximate surface area is 206 Å². The molecule has 9 heteroatoms. The van der Waals surface area contributed by atoms with E-state index in [0.717, 1.165) is 5.56 Å². The minimum Gasteiger partial charge on any atom is -0.495 e. The van der Waals surface area contributed by atoms with Crippen LogP contribution in [-0.4, -0.2) is 23.6 Å². The third-order valence-corrected chi connectivity index (χ3v) is 5.61. The van der Waals surface area contributed by atoms with Crippen LogP contribution < -0.4 is 15.8 Å². The van der Waals surface area contributed by atoms with Crippen molar-refractivity contribution in [3.63, 3.8) is 0 Å². The first-order valence-corrected chi connectivity index (χ1v) is 11.2. The zero-order valence-corrected chi connectivity index (χ0v) is 19.9. The molecule has 0 fully saturated rings. The lowest BCUT2D eigenvalue weighted by molar-refractivity contribution is -0.155. The Bertz CT molecular complexity index is 1430. The molecule has 0 radical (unpaired) electrons. The van der Waals surface area contributed by atoms with Gasteiger partial charge in [0.25, 0.3) is 5.91 Å². The lowest BCUT2D eigenvalue weighted by atomic mass is 10.1. The van der Waals surface area contributed by atoms with Crippen LogP contribution in [0.2, 0.25) is 5.02 Å². The summed E-state index contributed by atoms with van der Waals surface area (Å²) in [5, 5.41) is 3.22. The second-order valence-corrected chi connectivity index (χ2v) is 8.29. The highest BCUT2D eigenvalue weighted by Crippen LogP contribution is 2.28. The first kappa shape index (κ1) is 24.1. The molecular formula is C26H23ClN2O6. The normalized spacial score (nSPS) is 11.7. The van der Waals surface area contributed by atoms with Gasteiger partial charge in [-0.25, -0.2) is 4.79 Å². The van der Waals surface area contributed by atoms with E-state index in [1.807, 2.05) is 13.0 Å². The SMILES string of the molecule is COc1ccc(C)cc1NC(=O)C(OC(=O)CCn1c(=O)oc2cc(Cl)ccc21)c1ccccc1. The van der Waals surface area contributed by atoms with E-state index >= 15 is 0 Å². The summed E-state index contributed by atoms with van der Waals surface area (Å²) in [6.07, 6.45) is -1.35. The van der Waals surface area contributed by atoms with Gasteiger partial charge in [0.2, 0.25) is 6.10 Å². The van der Waals surface area contributed by atoms with Gasteiger partial charge in [0, 0.05) is 23.2 Å². The number of aromatic nitrogens is 1. The number of halogens is 1. The van der Waals surface area contributed by atoms with E-state index in [9.17, 15) is 14.4 Å². The van der Waals surface area contributed by atoms with Gasteiger partial charge in [0.15, 0.2) is 5.58 Å². The molecule has 0 bridgehead atoms. The first-order chi connectivity index (χ1) is 16.9. The molecule has 1 atom stereocenters. The van der Waals surface area contributed by atoms with Crippen LogP contribution in [0.4, 0.5) is 5.69 Å². The van der Waals surface area contributed by atoms with E-state index in [4.69, 9.17) is 25.5 Å². The average Bonchev–Trinajstić information content (AvgIpc) is 3.15. The molecule has 180 valence electrons. The predicted octanol–water partition coefficient (Wildman–Crippen LogP) is 4.88. The number of ether oxygens (including phenoxy) is 2. The zero-order chi connectivity index (χ0) is 24.9. The lowest BCUT2D eigenvalue weighted by Crippen LogP contribution is -2.27. The van der Waals surface area contributed by atoms with Crippen molar-refractivity contribution in [3.05, 3.63) is 93.4 Å². The molecule has 0 spiro atoms. The van der Waals surface area contributed by atoms with Gasteiger partial charge in [-0.3, -0.25) is 14.2 Å². The maximum absolute atomic E-state index is 13.2. The number of fused-ring (bicyclic) bond motifs is 1. The molecule has 0 saturated heterocycles. The number of carbonyl (C=O) groups excluding carboxylic acids is 2. The van der Waals surface area contributed by atoms with Crippen molar-refractivity contribution in [1.29, 1.82) is 0 Å². The van der Waals surface area contributed by atoms with Gasteiger partial charge in [-0.15, -0.1) is 0 Å². The molecule has 0 aliphatic rings. The fraction of sp³-hybridized carbons (Fsp3) is 0.192. The van der Waals surface area contributed by atoms with Crippen molar-refractivity contribution in [1.82, 2.24) is 4.57 Å². The number of aryl methyl sites for hydroxylation is 2. The number of rotatable bonds is 8. The molecule has 0 saturated carbocycles. The minimum absolute atomic E-state index is 0.0150. The van der Waals surface area contributed by atoms with Gasteiger partial charge in [0.05, 0.1) is 24.7 Å². The molecule has 3 aromatic carbocycles. The molecule has 0 aliphatic heterocycles. The quantitative estimate of drug-likeness (QED) is 0.350. The molecule has 8 nitrogen and oxygen atoms in total. The molecule has 4 rings (SSSR count). The van der Waals surface area contributed by atoms with Crippen LogP contribution in [0.25, 0.3) is 11.1 Å². The van der Waals surface area contributed by atoms with E-state index in [1.165, 1.54) is 17.7 Å². The Morgan fingerprint density at radius 3 is 2.60 bits per heavy atom. The van der Waals surface area contributed by atoms with Crippen LogP contribution in [-0.2, 0) is 20.9 Å². The van der Waals surface area contributed by atoms with Gasteiger partial charge >= 0.3 is 11.7 Å². The highest BCUT2D eigenvalue weighted by molar-refractivity contribution is 6.31. The van der Waals surface area contributed by atoms with Crippen molar-refractivity contribution < 1.29 is 23.5 Å². The number of nitrogens with zero attached hydrogens (tertiary/aromatic N) is 1. The van der Waals surface area contributed by atoms with Crippen LogP contribution in [0.15, 0.2) is 75.9 Å². The van der Waals surface area contributed by atoms with E-state index in [2.05, 4.69) is 5.32 Å². The van der Waals surface area contributed by atoms with Gasteiger partial charge in [-0.2, -0.15) is 0 Å². The van der Waals surface area contributed by atoms with Gasteiger partial charge in [-0.05, 0) is 36.8 Å². The molecular weight excluding hydrogens is 472 g/mol. The Morgan fingerprint density at radius 2 is 1.86 bits per heavy atom. The maximum atomic E-state index is 13.2. The monoisotopic (exact) mass is 494 g/mol. The number of amides is 1. The van der Waals surface area contributed by atoms with Crippen molar-refractivity contribution in [3.8, 4) is 5.75 Å². The number of benzene rings is 3. The molecule has 1 N–H and O–H groups in total. The van der Waals surface area contributed by atoms with E-state index < -0.39 is 23.7 Å². The fourth-order valence-electron chi connectivity index (χ4n) is 3.66. The fourth-order valence-corrected chi connectivity index (χ4v) is 3.83. The third kappa shape index (κ3) is 5.55. The molecule has 1 unspecified atom stereocenters. The molecule has 0 aliphatic carbocycles. The number of hydrogen-bond donors (Lipinski definition) is 1. The summed E-state index contributed by atoms with van der Waals surface area (Å²) in [7, 11) is 1.50. The summed E-state index contributed by atoms with van der Waals surface area (Å²) in [6, 6.07) is 18.9. The zero-order valence-electron chi connectivity index (χ0n) is 19.1. The minimum atomic E-state index is -1.20. The van der Waals surface area contributed by atoms with Crippen molar-refractivity contribution in [2.75, 3.05) is 12.4 Å². The average molecular weight is 495 g/mol. The van der Waals surface area contributed by atoms with Crippen LogP contribution in [0, 0.1) is 6.92 Å². The molecule has 1 aromatic heterocycles. The Kier molecular flexibility index (Phi) is 7.22. The standard InChI is InChI=1S/C26H23ClN2O6/c1-16-8-11-21(33-2)19(14-16)28-25(31)24(17-6-4-3-5-7-17)35-23(30)12-13-29-20-10-9-18(27)15-22(20)34-26(29)32/h3-11,14-15,24H,12-13H2,1-2H3,(H,28,31). The van der Waals surface area contributed by atoms with E-state index in [1.54, 1.807) is 54.6 Å². The third-order valence-electron chi connectivity index (χ3n) is 5.37. The summed E-state index contributed by atoms with van der Waals surface area (Å²) >= 11 is 5.95. The van der Waals surface area contributed by atoms with Crippen LogP contribution >= 0.6 is 11.6 Å². The summed E-state index contributed by atoms with van der Waals surface area (Å²) < 4.78 is 17.4. The molecule has 1 heterocycles. The predicted molar refractivity (Wildman–Crippen MR) is 132 cm³/mol. The number of hydrogen-bond acceptors (Lipinski definition) is 6. The van der Waals surface area contributed by atoms with Crippen LogP contribution in [0.1, 0.15) is 23.7 Å². The van der Waals surface area contributed by atoms with Crippen molar-refractivity contribution in [2.24, 2.45) is 0 Å². The number of oxazole rings is 1. The number of methoxy groups -OCH3 is 1. The largest absolute Gasteiger partial charge is 0.495 e. The van der Waals surface area contributed by atoms with Crippen LogP contribution in [0.3, 0.4) is 0 Å². The van der Waals surface area contributed by atoms with Gasteiger partial charge < -0.3 is 19.2 Å². The lowest BCUT2D eigenvalue weighted by Gasteiger charge is -2.19. The number of anilines is 1. The summed E-state index contributed by atoms with van der Waals surface area (Å²) in [5.74, 6) is -1.32. The van der Waals surface area contributed by atoms with Crippen molar-refractivity contribution >= 4 is 40.3 Å². The highest BCUT2D eigenvalue weighted by Gasteiger charge is 2.26. The Morgan fingerprint density at radius 1 is 1.09 bits per heavy atom. The summed E-state index contributed by atoms with van der Waals surface area (Å²) in [5.41, 5.74) is 2.73. The first-order valence-electron chi connectivity index (χ1n) is 10.8. The molecule has 35 heavy (non-hydrogen) atoms. The highest BCUT2D eigenvalue weighted by atomic mass is 35.5. The maximum Gasteiger partial charge on any atom is 0.419 e. The Balaban J connectivity index is 1.52. The molecule has 4 aromatic rings. The number of carbonyl (C=O) groups is 2.